The molecule has 192 valence electrons. The normalized spacial score (nSPS) is 11.5. The summed E-state index contributed by atoms with van der Waals surface area (Å²) >= 11 is 0. The van der Waals surface area contributed by atoms with Gasteiger partial charge in [-0.25, -0.2) is 4.99 Å². The second-order valence-corrected chi connectivity index (χ2v) is 8.79. The van der Waals surface area contributed by atoms with Crippen LogP contribution in [0.2, 0.25) is 0 Å². The number of furan rings is 1. The number of nitrogens with one attached hydrogen (secondary N) is 1. The quantitative estimate of drug-likeness (QED) is 0.186. The van der Waals surface area contributed by atoms with Crippen molar-refractivity contribution in [2.45, 2.75) is 26.8 Å². The van der Waals surface area contributed by atoms with Crippen LogP contribution in [0.3, 0.4) is 0 Å². The van der Waals surface area contributed by atoms with E-state index in [9.17, 15) is 20.1 Å². The van der Waals surface area contributed by atoms with Gasteiger partial charge in [0.15, 0.2) is 11.4 Å². The molecule has 0 atom stereocenters. The van der Waals surface area contributed by atoms with Crippen molar-refractivity contribution in [1.29, 1.82) is 0 Å². The Balaban J connectivity index is 1.86. The summed E-state index contributed by atoms with van der Waals surface area (Å²) in [7, 11) is 3.18. The molecule has 0 aliphatic rings. The Morgan fingerprint density at radius 3 is 2.35 bits per heavy atom. The number of rotatable bonds is 8. The number of anilines is 2. The average Bonchev–Trinajstić information content (AvgIpc) is 3.41. The third-order valence-corrected chi connectivity index (χ3v) is 5.91. The molecule has 9 heteroatoms. The van der Waals surface area contributed by atoms with Crippen LogP contribution < -0.4 is 5.32 Å². The number of carbonyl (C=O) groups is 1. The van der Waals surface area contributed by atoms with Crippen LogP contribution in [0.5, 0.6) is 17.5 Å². The number of para-hydroxylation sites is 1. The molecule has 2 aromatic carbocycles. The molecule has 0 unspecified atom stereocenters. The topological polar surface area (TPSA) is 123 Å². The van der Waals surface area contributed by atoms with Crippen molar-refractivity contribution in [3.63, 3.8) is 0 Å². The Morgan fingerprint density at radius 2 is 1.73 bits per heavy atom. The summed E-state index contributed by atoms with van der Waals surface area (Å²) in [6.45, 7) is 3.91. The zero-order valence-corrected chi connectivity index (χ0v) is 21.2. The van der Waals surface area contributed by atoms with E-state index in [0.29, 0.717) is 17.9 Å². The van der Waals surface area contributed by atoms with Gasteiger partial charge in [-0.15, -0.1) is 0 Å². The van der Waals surface area contributed by atoms with E-state index in [4.69, 9.17) is 4.42 Å². The van der Waals surface area contributed by atoms with E-state index < -0.39 is 0 Å². The maximum atomic E-state index is 12.5. The molecule has 2 aromatic heterocycles. The Bertz CT molecular complexity index is 1450. The smallest absolute Gasteiger partial charge is 0.257 e. The van der Waals surface area contributed by atoms with Crippen LogP contribution in [0.4, 0.5) is 17.1 Å². The molecule has 0 saturated heterocycles. The Labute approximate surface area is 214 Å². The van der Waals surface area contributed by atoms with E-state index in [1.165, 1.54) is 15.5 Å². The van der Waals surface area contributed by atoms with E-state index in [0.717, 1.165) is 11.3 Å². The monoisotopic (exact) mass is 502 g/mol. The van der Waals surface area contributed by atoms with E-state index in [1.54, 1.807) is 32.3 Å². The number of phenols is 1. The fourth-order valence-electron chi connectivity index (χ4n) is 3.94. The van der Waals surface area contributed by atoms with Gasteiger partial charge in [0.25, 0.3) is 5.91 Å². The molecule has 1 amide bonds. The third-order valence-electron chi connectivity index (χ3n) is 5.91. The minimum Gasteiger partial charge on any atom is -0.505 e. The fourth-order valence-corrected chi connectivity index (χ4v) is 3.94. The first-order valence-corrected chi connectivity index (χ1v) is 11.8. The number of benzene rings is 2. The van der Waals surface area contributed by atoms with Crippen LogP contribution in [0, 0.1) is 6.92 Å². The number of hydrogen-bond donors (Lipinski definition) is 4. The van der Waals surface area contributed by atoms with Crippen molar-refractivity contribution in [2.75, 3.05) is 19.4 Å². The minimum absolute atomic E-state index is 0.0723. The third kappa shape index (κ3) is 5.16. The van der Waals surface area contributed by atoms with Gasteiger partial charge >= 0.3 is 0 Å². The number of aromatic nitrogens is 1. The molecular formula is C28H30N4O5. The van der Waals surface area contributed by atoms with Gasteiger partial charge in [-0.2, -0.15) is 0 Å². The predicted molar refractivity (Wildman–Crippen MR) is 143 cm³/mol. The maximum absolute atomic E-state index is 12.5. The predicted octanol–water partition coefficient (Wildman–Crippen LogP) is 5.53. The molecule has 2 heterocycles. The molecule has 0 bridgehead atoms. The lowest BCUT2D eigenvalue weighted by Crippen LogP contribution is -2.21. The summed E-state index contributed by atoms with van der Waals surface area (Å²) in [5.41, 5.74) is 1.82. The number of hydrogen-bond acceptors (Lipinski definition) is 7. The van der Waals surface area contributed by atoms with Crippen LogP contribution >= 0.6 is 0 Å². The van der Waals surface area contributed by atoms with Crippen LogP contribution in [0.1, 0.15) is 40.8 Å². The van der Waals surface area contributed by atoms with Crippen molar-refractivity contribution in [2.24, 2.45) is 4.99 Å². The zero-order chi connectivity index (χ0) is 26.7. The molecule has 0 radical (unpaired) electrons. The lowest BCUT2D eigenvalue weighted by Gasteiger charge is -2.15. The van der Waals surface area contributed by atoms with Gasteiger partial charge in [0.05, 0.1) is 23.5 Å². The summed E-state index contributed by atoms with van der Waals surface area (Å²) in [5, 5.41) is 36.3. The van der Waals surface area contributed by atoms with Gasteiger partial charge in [0.1, 0.15) is 17.2 Å². The van der Waals surface area contributed by atoms with Crippen molar-refractivity contribution in [3.05, 3.63) is 83.3 Å². The molecule has 0 aliphatic heterocycles. The van der Waals surface area contributed by atoms with Gasteiger partial charge in [0.2, 0.25) is 11.8 Å². The first-order chi connectivity index (χ1) is 17.7. The molecule has 4 N–H and O–H groups in total. The highest BCUT2D eigenvalue weighted by Gasteiger charge is 2.26. The number of nitrogens with zero attached hydrogens (tertiary/aromatic N) is 3. The van der Waals surface area contributed by atoms with Gasteiger partial charge in [-0.05, 0) is 43.2 Å². The van der Waals surface area contributed by atoms with E-state index in [2.05, 4.69) is 10.3 Å². The summed E-state index contributed by atoms with van der Waals surface area (Å²) < 4.78 is 7.06. The molecule has 37 heavy (non-hydrogen) atoms. The van der Waals surface area contributed by atoms with Gasteiger partial charge in [-0.3, -0.25) is 9.36 Å². The number of carbonyl (C=O) groups excluding carboxylic acids is 1. The average molecular weight is 503 g/mol. The fraction of sp³-hybridized carbons (Fsp3) is 0.214. The van der Waals surface area contributed by atoms with Gasteiger partial charge in [0, 0.05) is 14.1 Å². The summed E-state index contributed by atoms with van der Waals surface area (Å²) in [6, 6.07) is 17.7. The summed E-state index contributed by atoms with van der Waals surface area (Å²) in [6.07, 6.45) is 0.495. The Hall–Kier alpha value is -4.66. The molecule has 0 fully saturated rings. The van der Waals surface area contributed by atoms with Crippen LogP contribution in [-0.4, -0.2) is 50.5 Å². The molecule has 0 saturated carbocycles. The van der Waals surface area contributed by atoms with Crippen molar-refractivity contribution in [1.82, 2.24) is 9.47 Å². The largest absolute Gasteiger partial charge is 0.505 e. The second kappa shape index (κ2) is 10.5. The van der Waals surface area contributed by atoms with Crippen molar-refractivity contribution >= 4 is 28.7 Å². The summed E-state index contributed by atoms with van der Waals surface area (Å²) in [5.74, 6) is 0.0448. The lowest BCUT2D eigenvalue weighted by molar-refractivity contribution is 0.0824. The molecule has 4 aromatic rings. The van der Waals surface area contributed by atoms with Gasteiger partial charge < -0.3 is 30.0 Å². The lowest BCUT2D eigenvalue weighted by atomic mass is 10.1. The number of aliphatic imine (C=N–C) groups is 1. The van der Waals surface area contributed by atoms with Crippen molar-refractivity contribution in [3.8, 4) is 17.5 Å². The molecule has 0 spiro atoms. The molecule has 9 nitrogen and oxygen atoms in total. The minimum atomic E-state index is -0.380. The number of phenolic OH excluding ortho intramolecular Hbond substituents is 1. The Kier molecular flexibility index (Phi) is 7.24. The number of aryl methyl sites for hydroxylation is 1. The Morgan fingerprint density at radius 1 is 1.00 bits per heavy atom. The highest BCUT2D eigenvalue weighted by molar-refractivity contribution is 6.02. The first kappa shape index (κ1) is 25.4. The van der Waals surface area contributed by atoms with Crippen LogP contribution in [0.25, 0.3) is 0 Å². The van der Waals surface area contributed by atoms with Crippen molar-refractivity contribution < 1.29 is 24.5 Å². The summed E-state index contributed by atoms with van der Waals surface area (Å²) in [4.78, 5) is 18.5. The number of aromatic hydroxyl groups is 3. The SMILES string of the molecule is CCC(=Nc1c(Nc2cccc(C(=O)N(C)C)c2O)c(O)n(Cc2ccccc2)c1O)c1ccc(C)o1. The first-order valence-electron chi connectivity index (χ1n) is 11.8. The highest BCUT2D eigenvalue weighted by atomic mass is 16.3. The highest BCUT2D eigenvalue weighted by Crippen LogP contribution is 2.48. The number of amides is 1. The zero-order valence-electron chi connectivity index (χ0n) is 21.2. The van der Waals surface area contributed by atoms with Crippen LogP contribution in [0.15, 0.2) is 70.1 Å². The molecule has 4 rings (SSSR count). The van der Waals surface area contributed by atoms with E-state index in [-0.39, 0.29) is 52.6 Å². The van der Waals surface area contributed by atoms with E-state index >= 15 is 0 Å². The van der Waals surface area contributed by atoms with E-state index in [1.807, 2.05) is 50.2 Å². The molecular weight excluding hydrogens is 472 g/mol. The van der Waals surface area contributed by atoms with Gasteiger partial charge in [-0.1, -0.05) is 43.3 Å². The standard InChI is InChI=1S/C28H30N4O5/c1-5-20(22-15-14-17(2)37-22)29-23-24(28(36)32(27(23)35)16-18-10-7-6-8-11-18)30-21-13-9-12-19(25(21)33)26(34)31(3)4/h6-15,30,33,35-36H,5,16H2,1-4H3. The second-order valence-electron chi connectivity index (χ2n) is 8.79. The molecule has 0 aliphatic carbocycles. The maximum Gasteiger partial charge on any atom is 0.257 e. The van der Waals surface area contributed by atoms with Crippen LogP contribution in [-0.2, 0) is 6.54 Å².